The van der Waals surface area contributed by atoms with E-state index in [1.807, 2.05) is 0 Å². The van der Waals surface area contributed by atoms with Gasteiger partial charge in [-0.15, -0.1) is 0 Å². The number of aliphatic hydroxyl groups excluding tert-OH is 1. The summed E-state index contributed by atoms with van der Waals surface area (Å²) in [7, 11) is 6.00. The summed E-state index contributed by atoms with van der Waals surface area (Å²) in [6, 6.07) is 6.64. The van der Waals surface area contributed by atoms with Gasteiger partial charge in [-0.1, -0.05) is 11.8 Å². The number of aromatic amines is 1. The van der Waals surface area contributed by atoms with Crippen LogP contribution >= 0.6 is 0 Å². The van der Waals surface area contributed by atoms with Crippen molar-refractivity contribution in [2.24, 2.45) is 0 Å². The molecule has 0 saturated heterocycles. The Morgan fingerprint density at radius 1 is 1.03 bits per heavy atom. The van der Waals surface area contributed by atoms with Gasteiger partial charge in [0.05, 0.1) is 46.1 Å². The van der Waals surface area contributed by atoms with Gasteiger partial charge in [-0.25, -0.2) is 0 Å². The van der Waals surface area contributed by atoms with Crippen molar-refractivity contribution in [3.63, 3.8) is 0 Å². The van der Waals surface area contributed by atoms with Crippen LogP contribution in [0.1, 0.15) is 28.0 Å². The fourth-order valence-corrected chi connectivity index (χ4v) is 3.09. The number of hydrogen-bond donors (Lipinski definition) is 2. The Balaban J connectivity index is 2.13. The summed E-state index contributed by atoms with van der Waals surface area (Å²) >= 11 is 0. The van der Waals surface area contributed by atoms with Gasteiger partial charge in [0.15, 0.2) is 11.5 Å². The Morgan fingerprint density at radius 3 is 2.27 bits per heavy atom. The van der Waals surface area contributed by atoms with E-state index in [2.05, 4.69) is 22.0 Å². The number of nitrogens with zero attached hydrogens (tertiary/aromatic N) is 1. The molecule has 3 aromatic rings. The molecule has 1 aromatic heterocycles. The van der Waals surface area contributed by atoms with Crippen molar-refractivity contribution in [2.45, 2.75) is 6.42 Å². The predicted molar refractivity (Wildman–Crippen MR) is 111 cm³/mol. The zero-order valence-corrected chi connectivity index (χ0v) is 17.2. The number of aliphatic hydroxyl groups is 1. The third-order valence-corrected chi connectivity index (χ3v) is 4.51. The Morgan fingerprint density at radius 2 is 1.70 bits per heavy atom. The van der Waals surface area contributed by atoms with E-state index in [0.717, 1.165) is 0 Å². The fraction of sp³-hybridized carbons (Fsp3) is 0.273. The van der Waals surface area contributed by atoms with Gasteiger partial charge in [0.25, 0.3) is 0 Å². The highest BCUT2D eigenvalue weighted by Gasteiger charge is 2.22. The van der Waals surface area contributed by atoms with Crippen molar-refractivity contribution in [3.8, 4) is 34.8 Å². The van der Waals surface area contributed by atoms with E-state index in [0.29, 0.717) is 51.4 Å². The molecule has 0 spiro atoms. The van der Waals surface area contributed by atoms with E-state index in [4.69, 9.17) is 24.1 Å². The number of fused-ring (bicyclic) bond motifs is 1. The maximum Gasteiger partial charge on any atom is 0.214 e. The van der Waals surface area contributed by atoms with Crippen LogP contribution in [0.3, 0.4) is 0 Å². The summed E-state index contributed by atoms with van der Waals surface area (Å²) < 4.78 is 21.4. The molecule has 30 heavy (non-hydrogen) atoms. The quantitative estimate of drug-likeness (QED) is 0.456. The van der Waals surface area contributed by atoms with Crippen molar-refractivity contribution in [3.05, 3.63) is 41.1 Å². The average molecular weight is 410 g/mol. The SMILES string of the molecule is COc1cc(C(=O)c2n[nH]c3c(C#CCCO)c(OC)ccc23)cc(OC)c1OC. The molecule has 8 heteroatoms. The third kappa shape index (κ3) is 3.75. The molecule has 2 aromatic carbocycles. The van der Waals surface area contributed by atoms with Crippen LogP contribution in [0.25, 0.3) is 10.9 Å². The fourth-order valence-electron chi connectivity index (χ4n) is 3.09. The van der Waals surface area contributed by atoms with Crippen LogP contribution < -0.4 is 18.9 Å². The van der Waals surface area contributed by atoms with E-state index < -0.39 is 0 Å². The lowest BCUT2D eigenvalue weighted by Gasteiger charge is -2.13. The van der Waals surface area contributed by atoms with Crippen LogP contribution in [-0.4, -0.2) is 56.1 Å². The number of carbonyl (C=O) groups is 1. The molecule has 1 heterocycles. The molecule has 0 amide bonds. The zero-order chi connectivity index (χ0) is 21.7. The van der Waals surface area contributed by atoms with Crippen molar-refractivity contribution in [2.75, 3.05) is 35.0 Å². The molecule has 0 atom stereocenters. The highest BCUT2D eigenvalue weighted by atomic mass is 16.5. The normalized spacial score (nSPS) is 10.3. The average Bonchev–Trinajstić information content (AvgIpc) is 3.22. The number of aromatic nitrogens is 2. The molecule has 0 bridgehead atoms. The second kappa shape index (κ2) is 9.20. The van der Waals surface area contributed by atoms with Gasteiger partial charge in [0.1, 0.15) is 11.4 Å². The highest BCUT2D eigenvalue weighted by Crippen LogP contribution is 2.39. The van der Waals surface area contributed by atoms with E-state index in [1.54, 1.807) is 24.3 Å². The van der Waals surface area contributed by atoms with Crippen LogP contribution in [-0.2, 0) is 0 Å². The first-order valence-corrected chi connectivity index (χ1v) is 9.09. The van der Waals surface area contributed by atoms with Gasteiger partial charge in [-0.05, 0) is 24.3 Å². The summed E-state index contributed by atoms with van der Waals surface area (Å²) in [5.41, 5.74) is 1.71. The number of ether oxygens (including phenoxy) is 4. The summed E-state index contributed by atoms with van der Waals surface area (Å²) in [4.78, 5) is 13.2. The van der Waals surface area contributed by atoms with Crippen molar-refractivity contribution < 1.29 is 28.8 Å². The lowest BCUT2D eigenvalue weighted by atomic mass is 10.0. The molecule has 0 aliphatic heterocycles. The lowest BCUT2D eigenvalue weighted by Crippen LogP contribution is -2.05. The molecule has 156 valence electrons. The van der Waals surface area contributed by atoms with Crippen molar-refractivity contribution >= 4 is 16.7 Å². The Bertz CT molecular complexity index is 1110. The van der Waals surface area contributed by atoms with Gasteiger partial charge in [0.2, 0.25) is 11.5 Å². The summed E-state index contributed by atoms with van der Waals surface area (Å²) in [6.45, 7) is -0.0425. The van der Waals surface area contributed by atoms with E-state index >= 15 is 0 Å². The molecule has 3 rings (SSSR count). The number of H-pyrrole nitrogens is 1. The minimum atomic E-state index is -0.320. The molecule has 0 unspecified atom stereocenters. The number of nitrogens with one attached hydrogen (secondary N) is 1. The molecular formula is C22H22N2O6. The van der Waals surface area contributed by atoms with Crippen LogP contribution in [0.5, 0.6) is 23.0 Å². The molecule has 0 aliphatic rings. The molecule has 0 radical (unpaired) electrons. The minimum Gasteiger partial charge on any atom is -0.495 e. The Hall–Kier alpha value is -3.70. The molecule has 2 N–H and O–H groups in total. The molecule has 0 saturated carbocycles. The van der Waals surface area contributed by atoms with E-state index in [-0.39, 0.29) is 18.1 Å². The summed E-state index contributed by atoms with van der Waals surface area (Å²) in [6.07, 6.45) is 0.324. The number of methoxy groups -OCH3 is 4. The number of ketones is 1. The number of benzene rings is 2. The number of rotatable bonds is 7. The molecule has 8 nitrogen and oxygen atoms in total. The Kier molecular flexibility index (Phi) is 6.45. The van der Waals surface area contributed by atoms with Gasteiger partial charge >= 0.3 is 0 Å². The number of carbonyl (C=O) groups excluding carboxylic acids is 1. The van der Waals surface area contributed by atoms with Gasteiger partial charge < -0.3 is 24.1 Å². The first-order chi connectivity index (χ1) is 14.6. The van der Waals surface area contributed by atoms with Crippen LogP contribution in [0.4, 0.5) is 0 Å². The highest BCUT2D eigenvalue weighted by molar-refractivity contribution is 6.16. The van der Waals surface area contributed by atoms with Crippen LogP contribution in [0, 0.1) is 11.8 Å². The smallest absolute Gasteiger partial charge is 0.214 e. The second-order valence-corrected chi connectivity index (χ2v) is 6.16. The topological polar surface area (TPSA) is 103 Å². The maximum atomic E-state index is 13.2. The van der Waals surface area contributed by atoms with Crippen LogP contribution in [0.2, 0.25) is 0 Å². The summed E-state index contributed by atoms with van der Waals surface area (Å²) in [5.74, 6) is 7.22. The van der Waals surface area contributed by atoms with Gasteiger partial charge in [-0.3, -0.25) is 9.89 Å². The first kappa shape index (κ1) is 21.0. The largest absolute Gasteiger partial charge is 0.495 e. The van der Waals surface area contributed by atoms with E-state index in [9.17, 15) is 4.79 Å². The summed E-state index contributed by atoms with van der Waals surface area (Å²) in [5, 5.41) is 16.7. The molecule has 0 fully saturated rings. The predicted octanol–water partition coefficient (Wildman–Crippen LogP) is 2.56. The monoisotopic (exact) mass is 410 g/mol. The van der Waals surface area contributed by atoms with Gasteiger partial charge in [0, 0.05) is 17.4 Å². The minimum absolute atomic E-state index is 0.0425. The number of hydrogen-bond acceptors (Lipinski definition) is 7. The van der Waals surface area contributed by atoms with Crippen molar-refractivity contribution in [1.29, 1.82) is 0 Å². The third-order valence-electron chi connectivity index (χ3n) is 4.51. The zero-order valence-electron chi connectivity index (χ0n) is 17.2. The lowest BCUT2D eigenvalue weighted by molar-refractivity contribution is 0.103. The van der Waals surface area contributed by atoms with Gasteiger partial charge in [-0.2, -0.15) is 5.10 Å². The first-order valence-electron chi connectivity index (χ1n) is 9.09. The van der Waals surface area contributed by atoms with Crippen LogP contribution in [0.15, 0.2) is 24.3 Å². The van der Waals surface area contributed by atoms with E-state index in [1.165, 1.54) is 28.4 Å². The second-order valence-electron chi connectivity index (χ2n) is 6.16. The molecular weight excluding hydrogens is 388 g/mol. The standard InChI is InChI=1S/C22H22N2O6/c1-27-16-9-8-15-19(14(16)7-5-6-10-25)23-24-20(15)21(26)13-11-17(28-2)22(30-4)18(12-13)29-3/h8-9,11-12,25H,6,10H2,1-4H3,(H,23,24). The van der Waals surface area contributed by atoms with Crippen molar-refractivity contribution in [1.82, 2.24) is 10.2 Å². The maximum absolute atomic E-state index is 13.2. The molecule has 0 aliphatic carbocycles. The Labute approximate surface area is 173 Å².